The van der Waals surface area contributed by atoms with E-state index in [2.05, 4.69) is 19.9 Å². The quantitative estimate of drug-likeness (QED) is 0.0323. The molecule has 0 aromatic carbocycles. The van der Waals surface area contributed by atoms with Gasteiger partial charge in [-0.1, -0.05) is 20.8 Å². The van der Waals surface area contributed by atoms with E-state index >= 15 is 0 Å². The van der Waals surface area contributed by atoms with Crippen molar-refractivity contribution in [1.82, 2.24) is 19.9 Å². The molecule has 3 unspecified atom stereocenters. The van der Waals surface area contributed by atoms with Crippen molar-refractivity contribution in [2.24, 2.45) is 0 Å². The fourth-order valence-corrected chi connectivity index (χ4v) is 8.24. The van der Waals surface area contributed by atoms with E-state index in [9.17, 15) is 83.3 Å². The van der Waals surface area contributed by atoms with Gasteiger partial charge in [-0.3, -0.25) is 38.4 Å². The molecule has 21 nitrogen and oxygen atoms in total. The van der Waals surface area contributed by atoms with Crippen LogP contribution >= 0.6 is 0 Å². The maximum Gasteiger partial charge on any atom is 0.307 e. The Bertz CT molecular complexity index is 2730. The van der Waals surface area contributed by atoms with Gasteiger partial charge in [0.05, 0.1) is 33.6 Å². The molecular weight excluding hydrogens is 909 g/mol. The normalized spacial score (nSPS) is 14.5. The molecule has 12 N–H and O–H groups in total. The van der Waals surface area contributed by atoms with Crippen LogP contribution in [0.5, 0.6) is 0 Å². The lowest BCUT2D eigenvalue weighted by Crippen LogP contribution is -2.40. The Morgan fingerprint density at radius 1 is 0.471 bits per heavy atom. The minimum atomic E-state index is -2.78. The minimum absolute atomic E-state index is 0.00201. The first kappa shape index (κ1) is 47.5. The number of rotatable bonds is 29. The summed E-state index contributed by atoms with van der Waals surface area (Å²) in [5.74, 6) is -10.9. The van der Waals surface area contributed by atoms with Crippen LogP contribution in [0.25, 0.3) is 0 Å². The molecule has 4 heterocycles. The predicted molar refractivity (Wildman–Crippen MR) is 243 cm³/mol. The van der Waals surface area contributed by atoms with Crippen molar-refractivity contribution in [3.05, 3.63) is 90.6 Å². The molecule has 4 rings (SSSR count). The van der Waals surface area contributed by atoms with Crippen molar-refractivity contribution in [2.45, 2.75) is 142 Å². The van der Waals surface area contributed by atoms with E-state index < -0.39 is 151 Å². The molecule has 0 aliphatic heterocycles. The number of aryl methyl sites for hydroxylation is 1. The molecule has 4 atom stereocenters. The first-order chi connectivity index (χ1) is 33.4. The summed E-state index contributed by atoms with van der Waals surface area (Å²) in [7, 11) is -2.78. The van der Waals surface area contributed by atoms with Gasteiger partial charge in [-0.2, -0.15) is 0 Å². The van der Waals surface area contributed by atoms with E-state index in [1.165, 1.54) is 6.20 Å². The fraction of sp³-hybridized carbons (Fsp3) is 0.478. The summed E-state index contributed by atoms with van der Waals surface area (Å²) >= 11 is 0. The number of H-pyrrole nitrogens is 4. The molecule has 0 bridgehead atoms. The number of carboxylic acid groups (broad SMARTS) is 8. The molecule has 0 spiro atoms. The average Bonchev–Trinajstić information content (AvgIpc) is 4.00. The van der Waals surface area contributed by atoms with Gasteiger partial charge in [-0.25, -0.2) is 0 Å². The van der Waals surface area contributed by atoms with Crippen molar-refractivity contribution in [2.75, 3.05) is 0 Å². The van der Waals surface area contributed by atoms with Gasteiger partial charge in [-0.05, 0) is 88.3 Å². The molecule has 0 saturated carbocycles. The Morgan fingerprint density at radius 2 is 0.779 bits per heavy atom. The lowest BCUT2D eigenvalue weighted by atomic mass is 9.94. The number of aromatic amines is 4. The third-order valence-electron chi connectivity index (χ3n) is 11.8. The van der Waals surface area contributed by atoms with Crippen molar-refractivity contribution in [1.29, 1.82) is 0 Å². The van der Waals surface area contributed by atoms with Gasteiger partial charge in [0.1, 0.15) is 0 Å². The molecule has 0 aliphatic carbocycles. The Hall–Kier alpha value is -6.94. The summed E-state index contributed by atoms with van der Waals surface area (Å²) in [6.45, 7) is 7.81. The second-order valence-corrected chi connectivity index (χ2v) is 22.5. The summed E-state index contributed by atoms with van der Waals surface area (Å²) in [6.07, 6.45) is -11.0. The van der Waals surface area contributed by atoms with Crippen LogP contribution in [0.3, 0.4) is 0 Å². The molecule has 370 valence electrons. The van der Waals surface area contributed by atoms with Crippen LogP contribution < -0.4 is 0 Å². The van der Waals surface area contributed by atoms with Crippen molar-refractivity contribution >= 4 is 56.1 Å². The molecular formula is C46H60N4O17Si. The predicted octanol–water partition coefficient (Wildman–Crippen LogP) is 4.87. The monoisotopic (exact) mass is 976 g/mol. The summed E-state index contributed by atoms with van der Waals surface area (Å²) in [6, 6.07) is 0. The van der Waals surface area contributed by atoms with E-state index in [1.807, 2.05) is 33.9 Å². The first-order valence-electron chi connectivity index (χ1n) is 23.7. The van der Waals surface area contributed by atoms with E-state index in [0.29, 0.717) is 0 Å². The Labute approximate surface area is 396 Å². The zero-order chi connectivity index (χ0) is 54.3. The van der Waals surface area contributed by atoms with Crippen molar-refractivity contribution in [3.8, 4) is 0 Å². The molecule has 0 fully saturated rings. The Balaban J connectivity index is 2.10. The van der Waals surface area contributed by atoms with Gasteiger partial charge in [0.25, 0.3) is 0 Å². The van der Waals surface area contributed by atoms with Crippen LogP contribution in [0.15, 0.2) is 6.20 Å². The minimum Gasteiger partial charge on any atom is -0.481 e. The number of carbonyl (C=O) groups is 8. The highest BCUT2D eigenvalue weighted by atomic mass is 28.4. The third-order valence-corrected chi connectivity index (χ3v) is 16.1. The lowest BCUT2D eigenvalue weighted by Gasteiger charge is -2.36. The Morgan fingerprint density at radius 3 is 1.13 bits per heavy atom. The molecule has 22 heteroatoms. The number of aromatic nitrogens is 4. The highest BCUT2D eigenvalue weighted by molar-refractivity contribution is 6.74. The zero-order valence-corrected chi connectivity index (χ0v) is 39.1. The van der Waals surface area contributed by atoms with Gasteiger partial charge in [0, 0.05) is 95.0 Å². The molecule has 0 aliphatic rings. The van der Waals surface area contributed by atoms with Gasteiger partial charge < -0.3 is 65.2 Å². The smallest absolute Gasteiger partial charge is 0.307 e. The third kappa shape index (κ3) is 14.5. The van der Waals surface area contributed by atoms with E-state index in [-0.39, 0.29) is 97.2 Å². The molecule has 68 heavy (non-hydrogen) atoms. The van der Waals surface area contributed by atoms with Crippen LogP contribution in [-0.4, -0.2) is 117 Å². The molecule has 0 radical (unpaired) electrons. The molecule has 4 aromatic rings. The van der Waals surface area contributed by atoms with E-state index in [4.69, 9.17) is 5.80 Å². The fourth-order valence-electron chi connectivity index (χ4n) is 7.47. The Kier molecular flexibility index (Phi) is 15.9. The van der Waals surface area contributed by atoms with Crippen LogP contribution in [0.1, 0.15) is 136 Å². The van der Waals surface area contributed by atoms with E-state index in [0.717, 1.165) is 0 Å². The summed E-state index contributed by atoms with van der Waals surface area (Å²) in [5.41, 5.74) is -1.72. The van der Waals surface area contributed by atoms with Crippen LogP contribution in [-0.2, 0) is 120 Å². The lowest BCUT2D eigenvalue weighted by molar-refractivity contribution is -0.138. The second kappa shape index (κ2) is 22.7. The molecule has 4 aromatic heterocycles. The summed E-state index contributed by atoms with van der Waals surface area (Å²) in [5, 5.41) is 78.6. The van der Waals surface area contributed by atoms with Gasteiger partial charge in [-0.15, -0.1) is 0 Å². The maximum absolute atomic E-state index is 12.7. The number of hydrogen-bond donors (Lipinski definition) is 12. The van der Waals surface area contributed by atoms with Crippen LogP contribution in [0.4, 0.5) is 0 Å². The van der Waals surface area contributed by atoms with Crippen molar-refractivity contribution < 1.29 is 89.1 Å². The molecule has 0 saturated heterocycles. The van der Waals surface area contributed by atoms with Crippen molar-refractivity contribution in [3.63, 3.8) is 0 Å². The van der Waals surface area contributed by atoms with Gasteiger partial charge >= 0.3 is 47.8 Å². The zero-order valence-electron chi connectivity index (χ0n) is 42.1. The average molecular weight is 977 g/mol. The van der Waals surface area contributed by atoms with E-state index in [1.54, 1.807) is 0 Å². The topological polar surface area (TPSA) is 371 Å². The van der Waals surface area contributed by atoms with Gasteiger partial charge in [0.15, 0.2) is 8.32 Å². The maximum atomic E-state index is 12.7. The first-order valence-corrected chi connectivity index (χ1v) is 24.3. The summed E-state index contributed by atoms with van der Waals surface area (Å²) < 4.78 is 44.3. The number of carboxylic acids is 8. The standard InChI is InChI=1S/C46H60N4O17Si/c1-46(2,3)68(4,5)67-22-37-30(17-45(65)66)26(9-13-41(57)58)34(50-37)20-36-29(16-44(63)64)25(8-12-40(55)56)33(49-36)19-35-28(15-43(61)62)24(7-11-39(53)54)32(48-35)18-31-27(14-42(59)60)23(21-47-31)6-10-38(51)52/h21,47-50H,6-20,22H2,1-5H3,(H,51,52)(H,53,54)(H,55,56)(H,57,58)(H,59,60)(H,61,62)(H,63,64)(H,65,66)/i18T,19T,20T,22T/t18?,19?,20?,22-/m1/s1. The largest absolute Gasteiger partial charge is 0.481 e. The number of nitrogens with one attached hydrogen (secondary N) is 4. The van der Waals surface area contributed by atoms with Gasteiger partial charge in [0.2, 0.25) is 0 Å². The SMILES string of the molecule is [3H]C(c1[nH]cc(CCC(=O)O)c1CC(=O)O)c1[nH]c(C([3H])c2[nH]c(C([3H])c3[nH]c([C@@H]([3H])O[Si](C)(C)C(C)(C)C)c(CC(=O)O)c3CCC(=O)O)c(CC(=O)O)c2CCC(=O)O)c(CC(=O)O)c1CCC(=O)O. The molecule has 0 amide bonds. The second-order valence-electron chi connectivity index (χ2n) is 17.7. The van der Waals surface area contributed by atoms with Crippen LogP contribution in [0.2, 0.25) is 18.1 Å². The highest BCUT2D eigenvalue weighted by Gasteiger charge is 2.38. The highest BCUT2D eigenvalue weighted by Crippen LogP contribution is 2.38. The number of aliphatic carboxylic acids is 8. The number of hydrogen-bond acceptors (Lipinski definition) is 9. The summed E-state index contributed by atoms with van der Waals surface area (Å²) in [4.78, 5) is 109. The van der Waals surface area contributed by atoms with Crippen LogP contribution in [0, 0.1) is 0 Å².